The predicted octanol–water partition coefficient (Wildman–Crippen LogP) is 1.87. The molecule has 2 rings (SSSR count). The monoisotopic (exact) mass is 266 g/mol. The molecule has 0 saturated heterocycles. The molecule has 1 aromatic heterocycles. The number of likely N-dealkylation sites (N-methyl/N-ethyl adjacent to an activating group) is 1. The van der Waals surface area contributed by atoms with Gasteiger partial charge in [-0.05, 0) is 18.8 Å². The van der Waals surface area contributed by atoms with E-state index in [0.717, 1.165) is 36.5 Å². The standard InChI is InChI=1S/C14H26N4O/c1-9(2)13-12(15)14(18(4)16-13)17(3)10-7-5-6-8-11(10)19/h9-11,19H,5-8,15H2,1-4H3. The molecule has 1 aromatic rings. The highest BCUT2D eigenvalue weighted by Gasteiger charge is 2.30. The molecule has 1 heterocycles. The molecule has 0 aliphatic heterocycles. The topological polar surface area (TPSA) is 67.3 Å². The first kappa shape index (κ1) is 14.2. The van der Waals surface area contributed by atoms with E-state index in [4.69, 9.17) is 5.73 Å². The molecule has 0 amide bonds. The Morgan fingerprint density at radius 3 is 2.53 bits per heavy atom. The van der Waals surface area contributed by atoms with Crippen LogP contribution in [0.25, 0.3) is 0 Å². The molecule has 2 atom stereocenters. The molecule has 1 fully saturated rings. The average molecular weight is 266 g/mol. The van der Waals surface area contributed by atoms with Gasteiger partial charge in [0.2, 0.25) is 0 Å². The number of aryl methyl sites for hydroxylation is 1. The summed E-state index contributed by atoms with van der Waals surface area (Å²) in [5.74, 6) is 1.24. The van der Waals surface area contributed by atoms with E-state index in [2.05, 4.69) is 23.8 Å². The number of nitrogen functional groups attached to an aromatic ring is 1. The summed E-state index contributed by atoms with van der Waals surface area (Å²) >= 11 is 0. The van der Waals surface area contributed by atoms with Crippen LogP contribution in [0.1, 0.15) is 51.1 Å². The van der Waals surface area contributed by atoms with Gasteiger partial charge in [0.15, 0.2) is 5.82 Å². The largest absolute Gasteiger partial charge is 0.394 e. The van der Waals surface area contributed by atoms with Crippen molar-refractivity contribution in [2.45, 2.75) is 57.6 Å². The molecular weight excluding hydrogens is 240 g/mol. The van der Waals surface area contributed by atoms with E-state index in [9.17, 15) is 5.11 Å². The van der Waals surface area contributed by atoms with Crippen LogP contribution in [0.2, 0.25) is 0 Å². The lowest BCUT2D eigenvalue weighted by molar-refractivity contribution is 0.106. The van der Waals surface area contributed by atoms with E-state index in [1.165, 1.54) is 6.42 Å². The van der Waals surface area contributed by atoms with Crippen molar-refractivity contribution in [3.63, 3.8) is 0 Å². The molecule has 0 aromatic carbocycles. The Labute approximate surface area is 115 Å². The highest BCUT2D eigenvalue weighted by molar-refractivity contribution is 5.67. The average Bonchev–Trinajstić information content (AvgIpc) is 2.65. The Bertz CT molecular complexity index is 441. The van der Waals surface area contributed by atoms with Crippen LogP contribution in [0.3, 0.4) is 0 Å². The second kappa shape index (κ2) is 5.41. The molecule has 19 heavy (non-hydrogen) atoms. The van der Waals surface area contributed by atoms with Crippen LogP contribution in [0.5, 0.6) is 0 Å². The molecule has 0 bridgehead atoms. The summed E-state index contributed by atoms with van der Waals surface area (Å²) in [5.41, 5.74) is 7.94. The Hall–Kier alpha value is -1.23. The van der Waals surface area contributed by atoms with Crippen molar-refractivity contribution in [1.29, 1.82) is 0 Å². The second-order valence-electron chi connectivity index (χ2n) is 5.93. The maximum atomic E-state index is 10.2. The van der Waals surface area contributed by atoms with E-state index < -0.39 is 0 Å². The third-order valence-corrected chi connectivity index (χ3v) is 4.15. The summed E-state index contributed by atoms with van der Waals surface area (Å²) in [5, 5.41) is 14.7. The lowest BCUT2D eigenvalue weighted by Gasteiger charge is -2.36. The second-order valence-corrected chi connectivity index (χ2v) is 5.93. The molecule has 0 spiro atoms. The van der Waals surface area contributed by atoms with Gasteiger partial charge < -0.3 is 15.7 Å². The highest BCUT2D eigenvalue weighted by atomic mass is 16.3. The number of anilines is 2. The van der Waals surface area contributed by atoms with Gasteiger partial charge in [-0.25, -0.2) is 0 Å². The first-order valence-corrected chi connectivity index (χ1v) is 7.16. The molecule has 5 nitrogen and oxygen atoms in total. The van der Waals surface area contributed by atoms with Crippen molar-refractivity contribution in [1.82, 2.24) is 9.78 Å². The van der Waals surface area contributed by atoms with Crippen molar-refractivity contribution >= 4 is 11.5 Å². The Kier molecular flexibility index (Phi) is 4.04. The van der Waals surface area contributed by atoms with Crippen LogP contribution < -0.4 is 10.6 Å². The number of nitrogens with zero attached hydrogens (tertiary/aromatic N) is 3. The van der Waals surface area contributed by atoms with Crippen LogP contribution >= 0.6 is 0 Å². The zero-order valence-electron chi connectivity index (χ0n) is 12.4. The van der Waals surface area contributed by atoms with Crippen LogP contribution in [0.4, 0.5) is 11.5 Å². The Balaban J connectivity index is 2.30. The number of hydrogen-bond acceptors (Lipinski definition) is 4. The third-order valence-electron chi connectivity index (χ3n) is 4.15. The summed E-state index contributed by atoms with van der Waals surface area (Å²) in [7, 11) is 3.93. The van der Waals surface area contributed by atoms with Gasteiger partial charge in [-0.1, -0.05) is 26.7 Å². The summed E-state index contributed by atoms with van der Waals surface area (Å²) in [6, 6.07) is 0.145. The third kappa shape index (κ3) is 2.56. The zero-order valence-corrected chi connectivity index (χ0v) is 12.4. The normalized spacial score (nSPS) is 23.9. The van der Waals surface area contributed by atoms with E-state index in [0.29, 0.717) is 5.92 Å². The summed E-state index contributed by atoms with van der Waals surface area (Å²) < 4.78 is 1.84. The lowest BCUT2D eigenvalue weighted by atomic mass is 9.91. The summed E-state index contributed by atoms with van der Waals surface area (Å²) in [4.78, 5) is 2.11. The van der Waals surface area contributed by atoms with E-state index in [-0.39, 0.29) is 12.1 Å². The summed E-state index contributed by atoms with van der Waals surface area (Å²) in [6.07, 6.45) is 3.91. The number of aliphatic hydroxyl groups excluding tert-OH is 1. The number of aromatic nitrogens is 2. The molecule has 1 aliphatic carbocycles. The van der Waals surface area contributed by atoms with Crippen molar-refractivity contribution in [2.75, 3.05) is 17.7 Å². The van der Waals surface area contributed by atoms with Gasteiger partial charge >= 0.3 is 0 Å². The van der Waals surface area contributed by atoms with Gasteiger partial charge in [0.05, 0.1) is 23.5 Å². The number of nitrogens with two attached hydrogens (primary N) is 1. The minimum Gasteiger partial charge on any atom is -0.394 e. The molecule has 1 saturated carbocycles. The van der Waals surface area contributed by atoms with Crippen LogP contribution in [0, 0.1) is 0 Å². The highest BCUT2D eigenvalue weighted by Crippen LogP contribution is 2.33. The van der Waals surface area contributed by atoms with E-state index in [1.807, 2.05) is 18.8 Å². The molecule has 108 valence electrons. The van der Waals surface area contributed by atoms with Gasteiger partial charge in [0, 0.05) is 14.1 Å². The first-order valence-electron chi connectivity index (χ1n) is 7.16. The van der Waals surface area contributed by atoms with Gasteiger partial charge in [-0.3, -0.25) is 4.68 Å². The Morgan fingerprint density at radius 1 is 1.37 bits per heavy atom. The zero-order chi connectivity index (χ0) is 14.2. The maximum absolute atomic E-state index is 10.2. The van der Waals surface area contributed by atoms with Gasteiger partial charge in [0.1, 0.15) is 0 Å². The first-order chi connectivity index (χ1) is 8.93. The molecule has 1 aliphatic rings. The van der Waals surface area contributed by atoms with Crippen LogP contribution in [0.15, 0.2) is 0 Å². The molecule has 0 radical (unpaired) electrons. The fraction of sp³-hybridized carbons (Fsp3) is 0.786. The number of aliphatic hydroxyl groups is 1. The van der Waals surface area contributed by atoms with Gasteiger partial charge in [0.25, 0.3) is 0 Å². The van der Waals surface area contributed by atoms with Crippen molar-refractivity contribution < 1.29 is 5.11 Å². The van der Waals surface area contributed by atoms with E-state index in [1.54, 1.807) is 0 Å². The summed E-state index contributed by atoms with van der Waals surface area (Å²) in [6.45, 7) is 4.19. The Morgan fingerprint density at radius 2 is 2.00 bits per heavy atom. The van der Waals surface area contributed by atoms with Crippen molar-refractivity contribution in [3.05, 3.63) is 5.69 Å². The van der Waals surface area contributed by atoms with Gasteiger partial charge in [-0.2, -0.15) is 5.10 Å². The van der Waals surface area contributed by atoms with Crippen LogP contribution in [-0.2, 0) is 7.05 Å². The fourth-order valence-corrected chi connectivity index (χ4v) is 3.10. The fourth-order valence-electron chi connectivity index (χ4n) is 3.10. The smallest absolute Gasteiger partial charge is 0.150 e. The quantitative estimate of drug-likeness (QED) is 0.876. The minimum absolute atomic E-state index is 0.145. The molecule has 3 N–H and O–H groups in total. The van der Waals surface area contributed by atoms with Crippen LogP contribution in [-0.4, -0.2) is 34.1 Å². The predicted molar refractivity (Wildman–Crippen MR) is 78.4 cm³/mol. The number of hydrogen-bond donors (Lipinski definition) is 2. The molecule has 5 heteroatoms. The maximum Gasteiger partial charge on any atom is 0.150 e. The van der Waals surface area contributed by atoms with Gasteiger partial charge in [-0.15, -0.1) is 0 Å². The SMILES string of the molecule is CC(C)c1nn(C)c(N(C)C2CCCCC2O)c1N. The van der Waals surface area contributed by atoms with E-state index >= 15 is 0 Å². The van der Waals surface area contributed by atoms with Crippen molar-refractivity contribution in [3.8, 4) is 0 Å². The lowest BCUT2D eigenvalue weighted by Crippen LogP contribution is -2.44. The molecular formula is C14H26N4O. The number of rotatable bonds is 3. The minimum atomic E-state index is -0.268. The van der Waals surface area contributed by atoms with Crippen molar-refractivity contribution in [2.24, 2.45) is 7.05 Å². The molecule has 2 unspecified atom stereocenters.